The van der Waals surface area contributed by atoms with Gasteiger partial charge >= 0.3 is 0 Å². The molecule has 0 N–H and O–H groups in total. The van der Waals surface area contributed by atoms with Gasteiger partial charge in [0.1, 0.15) is 11.6 Å². The lowest BCUT2D eigenvalue weighted by Crippen LogP contribution is -2.34. The maximum atomic E-state index is 13.8. The monoisotopic (exact) mass is 422 g/mol. The molecule has 0 radical (unpaired) electrons. The molecule has 1 unspecified atom stereocenters. The first-order chi connectivity index (χ1) is 12.4. The highest BCUT2D eigenvalue weighted by Gasteiger charge is 2.37. The van der Waals surface area contributed by atoms with Crippen molar-refractivity contribution in [1.82, 2.24) is 4.90 Å². The number of anilines is 1. The van der Waals surface area contributed by atoms with E-state index in [1.807, 2.05) is 24.3 Å². The molecule has 0 aliphatic carbocycles. The van der Waals surface area contributed by atoms with E-state index in [-0.39, 0.29) is 36.9 Å². The number of carbonyl (C=O) groups excluding carboxylic acids is 2. The van der Waals surface area contributed by atoms with E-state index in [4.69, 9.17) is 0 Å². The van der Waals surface area contributed by atoms with E-state index in [1.54, 1.807) is 11.9 Å². The largest absolute Gasteiger partial charge is 0.341 e. The Hall–Kier alpha value is -2.28. The molecule has 1 aliphatic rings. The topological polar surface area (TPSA) is 40.6 Å². The van der Waals surface area contributed by atoms with Gasteiger partial charge < -0.3 is 9.80 Å². The minimum Gasteiger partial charge on any atom is -0.341 e. The molecular weight excluding hydrogens is 406 g/mol. The first-order valence-electron chi connectivity index (χ1n) is 8.10. The molecule has 0 saturated carbocycles. The van der Waals surface area contributed by atoms with Gasteiger partial charge in [-0.3, -0.25) is 9.59 Å². The van der Waals surface area contributed by atoms with Crippen LogP contribution in [0, 0.1) is 17.6 Å². The first kappa shape index (κ1) is 18.5. The lowest BCUT2D eigenvalue weighted by molar-refractivity contribution is -0.135. The quantitative estimate of drug-likeness (QED) is 0.752. The van der Waals surface area contributed by atoms with Crippen molar-refractivity contribution in [2.75, 3.05) is 18.5 Å². The number of para-hydroxylation sites is 1. The molecule has 1 atom stereocenters. The van der Waals surface area contributed by atoms with E-state index in [9.17, 15) is 18.4 Å². The standard InChI is InChI=1S/C19H17BrF2N2O2/c1-23(10-12-6-7-14(21)9-16(12)22)19(26)13-8-18(25)24(11-13)17-5-3-2-4-15(17)20/h2-7,9,13H,8,10-11H2,1H3. The van der Waals surface area contributed by atoms with Gasteiger partial charge in [0.2, 0.25) is 11.8 Å². The third-order valence-corrected chi connectivity index (χ3v) is 5.09. The van der Waals surface area contributed by atoms with Crippen molar-refractivity contribution in [3.63, 3.8) is 0 Å². The van der Waals surface area contributed by atoms with Crippen LogP contribution in [0.25, 0.3) is 0 Å². The van der Waals surface area contributed by atoms with Crippen LogP contribution < -0.4 is 4.90 Å². The van der Waals surface area contributed by atoms with Crippen LogP contribution in [0.4, 0.5) is 14.5 Å². The maximum absolute atomic E-state index is 13.8. The van der Waals surface area contributed by atoms with Gasteiger partial charge in [-0.2, -0.15) is 0 Å². The Labute approximate surface area is 158 Å². The summed E-state index contributed by atoms with van der Waals surface area (Å²) < 4.78 is 27.6. The van der Waals surface area contributed by atoms with Gasteiger partial charge in [0.05, 0.1) is 11.6 Å². The number of nitrogens with zero attached hydrogens (tertiary/aromatic N) is 2. The minimum absolute atomic E-state index is 0.0185. The molecule has 2 amide bonds. The molecule has 1 heterocycles. The highest BCUT2D eigenvalue weighted by Crippen LogP contribution is 2.32. The molecule has 136 valence electrons. The summed E-state index contributed by atoms with van der Waals surface area (Å²) in [5.74, 6) is -2.22. The zero-order valence-electron chi connectivity index (χ0n) is 14.1. The Balaban J connectivity index is 1.70. The van der Waals surface area contributed by atoms with E-state index >= 15 is 0 Å². The average Bonchev–Trinajstić information content (AvgIpc) is 2.98. The summed E-state index contributed by atoms with van der Waals surface area (Å²) in [5, 5.41) is 0. The van der Waals surface area contributed by atoms with E-state index < -0.39 is 17.6 Å². The first-order valence-corrected chi connectivity index (χ1v) is 8.90. The number of rotatable bonds is 4. The molecule has 1 aliphatic heterocycles. The molecule has 1 fully saturated rings. The molecule has 3 rings (SSSR count). The molecule has 0 bridgehead atoms. The Bertz CT molecular complexity index is 859. The van der Waals surface area contributed by atoms with Crippen LogP contribution in [0.15, 0.2) is 46.9 Å². The normalized spacial score (nSPS) is 16.8. The van der Waals surface area contributed by atoms with Gasteiger partial charge in [-0.25, -0.2) is 8.78 Å². The van der Waals surface area contributed by atoms with E-state index in [2.05, 4.69) is 15.9 Å². The number of benzene rings is 2. The molecule has 1 saturated heterocycles. The van der Waals surface area contributed by atoms with Gasteiger partial charge in [-0.05, 0) is 34.1 Å². The lowest BCUT2D eigenvalue weighted by atomic mass is 10.1. The Morgan fingerprint density at radius 3 is 2.69 bits per heavy atom. The van der Waals surface area contributed by atoms with Crippen LogP contribution in [-0.4, -0.2) is 30.3 Å². The van der Waals surface area contributed by atoms with Crippen molar-refractivity contribution in [1.29, 1.82) is 0 Å². The van der Waals surface area contributed by atoms with Crippen LogP contribution >= 0.6 is 15.9 Å². The molecular formula is C19H17BrF2N2O2. The molecule has 26 heavy (non-hydrogen) atoms. The number of hydrogen-bond acceptors (Lipinski definition) is 2. The summed E-state index contributed by atoms with van der Waals surface area (Å²) in [6, 6.07) is 10.6. The number of carbonyl (C=O) groups is 2. The summed E-state index contributed by atoms with van der Waals surface area (Å²) in [6.45, 7) is 0.293. The third-order valence-electron chi connectivity index (χ3n) is 4.42. The van der Waals surface area contributed by atoms with Crippen LogP contribution in [0.5, 0.6) is 0 Å². The fourth-order valence-electron chi connectivity index (χ4n) is 3.07. The van der Waals surface area contributed by atoms with Crippen molar-refractivity contribution in [3.8, 4) is 0 Å². The molecule has 0 spiro atoms. The second-order valence-corrected chi connectivity index (χ2v) is 7.14. The second kappa shape index (κ2) is 7.53. The lowest BCUT2D eigenvalue weighted by Gasteiger charge is -2.22. The summed E-state index contributed by atoms with van der Waals surface area (Å²) in [5.41, 5.74) is 0.953. The van der Waals surface area contributed by atoms with Gasteiger partial charge in [-0.1, -0.05) is 18.2 Å². The maximum Gasteiger partial charge on any atom is 0.228 e. The van der Waals surface area contributed by atoms with Gasteiger partial charge in [-0.15, -0.1) is 0 Å². The Morgan fingerprint density at radius 1 is 1.27 bits per heavy atom. The molecule has 4 nitrogen and oxygen atoms in total. The number of hydrogen-bond donors (Lipinski definition) is 0. The predicted molar refractivity (Wildman–Crippen MR) is 97.4 cm³/mol. The third kappa shape index (κ3) is 3.77. The number of amides is 2. The van der Waals surface area contributed by atoms with E-state index in [0.29, 0.717) is 0 Å². The summed E-state index contributed by atoms with van der Waals surface area (Å²) in [6.07, 6.45) is 0.108. The highest BCUT2D eigenvalue weighted by atomic mass is 79.9. The van der Waals surface area contributed by atoms with Crippen molar-refractivity contribution in [3.05, 3.63) is 64.1 Å². The molecule has 7 heteroatoms. The average molecular weight is 423 g/mol. The van der Waals surface area contributed by atoms with Gasteiger partial charge in [0.15, 0.2) is 0 Å². The zero-order chi connectivity index (χ0) is 18.8. The fraction of sp³-hybridized carbons (Fsp3) is 0.263. The summed E-state index contributed by atoms with van der Waals surface area (Å²) in [7, 11) is 1.55. The number of halogens is 3. The van der Waals surface area contributed by atoms with Gasteiger partial charge in [0.25, 0.3) is 0 Å². The smallest absolute Gasteiger partial charge is 0.228 e. The van der Waals surface area contributed by atoms with Crippen LogP contribution in [0.3, 0.4) is 0 Å². The van der Waals surface area contributed by atoms with Crippen LogP contribution in [0.1, 0.15) is 12.0 Å². The Morgan fingerprint density at radius 2 is 2.00 bits per heavy atom. The van der Waals surface area contributed by atoms with Crippen LogP contribution in [0.2, 0.25) is 0 Å². The Kier molecular flexibility index (Phi) is 5.36. The minimum atomic E-state index is -0.693. The van der Waals surface area contributed by atoms with Crippen LogP contribution in [-0.2, 0) is 16.1 Å². The van der Waals surface area contributed by atoms with Gasteiger partial charge in [0, 0.05) is 42.7 Å². The molecule has 0 aromatic heterocycles. The van der Waals surface area contributed by atoms with E-state index in [1.165, 1.54) is 11.0 Å². The van der Waals surface area contributed by atoms with Crippen molar-refractivity contribution in [2.24, 2.45) is 5.92 Å². The van der Waals surface area contributed by atoms with E-state index in [0.717, 1.165) is 22.3 Å². The fourth-order valence-corrected chi connectivity index (χ4v) is 3.57. The molecule has 2 aromatic carbocycles. The SMILES string of the molecule is CN(Cc1ccc(F)cc1F)C(=O)C1CC(=O)N(c2ccccc2Br)C1. The highest BCUT2D eigenvalue weighted by molar-refractivity contribution is 9.10. The zero-order valence-corrected chi connectivity index (χ0v) is 15.7. The molecule has 2 aromatic rings. The summed E-state index contributed by atoms with van der Waals surface area (Å²) in [4.78, 5) is 28.0. The van der Waals surface area contributed by atoms with Crippen molar-refractivity contribution >= 4 is 33.4 Å². The van der Waals surface area contributed by atoms with Crippen molar-refractivity contribution < 1.29 is 18.4 Å². The van der Waals surface area contributed by atoms with Crippen molar-refractivity contribution in [2.45, 2.75) is 13.0 Å². The second-order valence-electron chi connectivity index (χ2n) is 6.29. The predicted octanol–water partition coefficient (Wildman–Crippen LogP) is 3.74. The summed E-state index contributed by atoms with van der Waals surface area (Å²) >= 11 is 3.42.